The highest BCUT2D eigenvalue weighted by Gasteiger charge is 2.11. The molecule has 0 fully saturated rings. The van der Waals surface area contributed by atoms with Crippen LogP contribution in [-0.4, -0.2) is 29.5 Å². The number of nitrogens with zero attached hydrogens (tertiary/aromatic N) is 2. The Kier molecular flexibility index (Phi) is 6.35. The van der Waals surface area contributed by atoms with E-state index in [1.165, 1.54) is 24.4 Å². The second-order valence-corrected chi connectivity index (χ2v) is 5.63. The van der Waals surface area contributed by atoms with Crippen LogP contribution >= 0.6 is 15.9 Å². The number of para-hydroxylation sites is 1. The van der Waals surface area contributed by atoms with E-state index in [2.05, 4.69) is 31.8 Å². The first kappa shape index (κ1) is 18.3. The summed E-state index contributed by atoms with van der Waals surface area (Å²) in [6, 6.07) is 12.8. The van der Waals surface area contributed by atoms with Crippen LogP contribution in [0.15, 0.2) is 58.1 Å². The Morgan fingerprint density at radius 3 is 2.56 bits per heavy atom. The van der Waals surface area contributed by atoms with Crippen molar-refractivity contribution in [3.8, 4) is 0 Å². The Balaban J connectivity index is 1.88. The minimum Gasteiger partial charge on any atom is -0.343 e. The van der Waals surface area contributed by atoms with Gasteiger partial charge < -0.3 is 5.32 Å². The quantitative estimate of drug-likeness (QED) is 0.436. The summed E-state index contributed by atoms with van der Waals surface area (Å²) in [4.78, 5) is 34.0. The van der Waals surface area contributed by atoms with Crippen LogP contribution in [0.3, 0.4) is 0 Å². The third-order valence-corrected chi connectivity index (χ3v) is 3.75. The van der Waals surface area contributed by atoms with Crippen molar-refractivity contribution in [2.45, 2.75) is 0 Å². The van der Waals surface area contributed by atoms with Crippen molar-refractivity contribution in [2.24, 2.45) is 5.10 Å². The zero-order valence-corrected chi connectivity index (χ0v) is 14.4. The van der Waals surface area contributed by atoms with Crippen LogP contribution in [0.4, 0.5) is 5.69 Å². The predicted molar refractivity (Wildman–Crippen MR) is 95.3 cm³/mol. The highest BCUT2D eigenvalue weighted by molar-refractivity contribution is 9.10. The Labute approximate surface area is 151 Å². The van der Waals surface area contributed by atoms with Crippen LogP contribution in [0, 0.1) is 10.1 Å². The van der Waals surface area contributed by atoms with Crippen molar-refractivity contribution in [2.75, 3.05) is 6.54 Å². The number of hydrogen-bond acceptors (Lipinski definition) is 5. The molecule has 8 nitrogen and oxygen atoms in total. The van der Waals surface area contributed by atoms with Crippen LogP contribution in [0.25, 0.3) is 0 Å². The topological polar surface area (TPSA) is 114 Å². The molecule has 0 unspecified atom stereocenters. The molecule has 0 aliphatic rings. The SMILES string of the molecule is O=C(CNC(=O)c1ccccc1Br)NN=Cc1ccccc1[N+](=O)[O-]. The first-order valence-corrected chi connectivity index (χ1v) is 7.86. The van der Waals surface area contributed by atoms with E-state index < -0.39 is 16.7 Å². The minimum absolute atomic E-state index is 0.122. The van der Waals surface area contributed by atoms with Gasteiger partial charge in [0.1, 0.15) is 0 Å². The van der Waals surface area contributed by atoms with Crippen LogP contribution in [0.2, 0.25) is 0 Å². The summed E-state index contributed by atoms with van der Waals surface area (Å²) >= 11 is 3.25. The Bertz CT molecular complexity index is 838. The van der Waals surface area contributed by atoms with Crippen LogP contribution in [-0.2, 0) is 4.79 Å². The lowest BCUT2D eigenvalue weighted by molar-refractivity contribution is -0.385. The average Bonchev–Trinajstić information content (AvgIpc) is 2.60. The van der Waals surface area contributed by atoms with Gasteiger partial charge in [-0.3, -0.25) is 19.7 Å². The van der Waals surface area contributed by atoms with Crippen molar-refractivity contribution < 1.29 is 14.5 Å². The number of halogens is 1. The molecule has 0 bridgehead atoms. The van der Waals surface area contributed by atoms with Gasteiger partial charge in [-0.05, 0) is 34.1 Å². The number of amides is 2. The fourth-order valence-corrected chi connectivity index (χ4v) is 2.34. The van der Waals surface area contributed by atoms with Gasteiger partial charge in [-0.2, -0.15) is 5.10 Å². The standard InChI is InChI=1S/C16H13BrN4O4/c17-13-7-3-2-6-12(13)16(23)18-10-15(22)20-19-9-11-5-1-4-8-14(11)21(24)25/h1-9H,10H2,(H,18,23)(H,20,22). The molecule has 0 atom stereocenters. The largest absolute Gasteiger partial charge is 0.343 e. The maximum atomic E-state index is 12.0. The predicted octanol–water partition coefficient (Wildman–Crippen LogP) is 2.24. The number of benzene rings is 2. The van der Waals surface area contributed by atoms with Gasteiger partial charge in [0.15, 0.2) is 0 Å². The number of hydrazone groups is 1. The second-order valence-electron chi connectivity index (χ2n) is 4.77. The van der Waals surface area contributed by atoms with Gasteiger partial charge in [-0.15, -0.1) is 0 Å². The van der Waals surface area contributed by atoms with Crippen molar-refractivity contribution in [1.29, 1.82) is 0 Å². The number of carbonyl (C=O) groups is 2. The molecular weight excluding hydrogens is 392 g/mol. The summed E-state index contributed by atoms with van der Waals surface area (Å²) in [7, 11) is 0. The molecule has 0 saturated heterocycles. The molecule has 9 heteroatoms. The molecule has 0 spiro atoms. The molecule has 0 radical (unpaired) electrons. The average molecular weight is 405 g/mol. The van der Waals surface area contributed by atoms with Gasteiger partial charge in [0.2, 0.25) is 0 Å². The van der Waals surface area contributed by atoms with E-state index in [0.717, 1.165) is 0 Å². The third-order valence-electron chi connectivity index (χ3n) is 3.05. The molecule has 2 aromatic carbocycles. The van der Waals surface area contributed by atoms with E-state index in [-0.39, 0.29) is 17.8 Å². The van der Waals surface area contributed by atoms with Crippen LogP contribution < -0.4 is 10.7 Å². The number of nitro groups is 1. The molecule has 2 N–H and O–H groups in total. The van der Waals surface area contributed by atoms with Crippen molar-refractivity contribution in [1.82, 2.24) is 10.7 Å². The number of hydrogen-bond donors (Lipinski definition) is 2. The van der Waals surface area contributed by atoms with E-state index in [9.17, 15) is 19.7 Å². The summed E-state index contributed by atoms with van der Waals surface area (Å²) < 4.78 is 0.613. The van der Waals surface area contributed by atoms with E-state index >= 15 is 0 Å². The fraction of sp³-hybridized carbons (Fsp3) is 0.0625. The highest BCUT2D eigenvalue weighted by atomic mass is 79.9. The summed E-state index contributed by atoms with van der Waals surface area (Å²) in [5.41, 5.74) is 2.73. The Morgan fingerprint density at radius 2 is 1.84 bits per heavy atom. The normalized spacial score (nSPS) is 10.4. The van der Waals surface area contributed by atoms with Crippen molar-refractivity contribution in [3.05, 3.63) is 74.2 Å². The second kappa shape index (κ2) is 8.69. The van der Waals surface area contributed by atoms with Crippen LogP contribution in [0.5, 0.6) is 0 Å². The molecule has 128 valence electrons. The molecule has 2 rings (SSSR count). The molecule has 2 amide bonds. The van der Waals surface area contributed by atoms with Gasteiger partial charge in [-0.1, -0.05) is 24.3 Å². The van der Waals surface area contributed by atoms with Crippen molar-refractivity contribution >= 4 is 39.6 Å². The van der Waals surface area contributed by atoms with Crippen molar-refractivity contribution in [3.63, 3.8) is 0 Å². The minimum atomic E-state index is -0.560. The summed E-state index contributed by atoms with van der Waals surface area (Å²) in [6.45, 7) is -0.283. The first-order chi connectivity index (χ1) is 12.0. The zero-order chi connectivity index (χ0) is 18.2. The van der Waals surface area contributed by atoms with E-state index in [1.807, 2.05) is 0 Å². The van der Waals surface area contributed by atoms with E-state index in [1.54, 1.807) is 30.3 Å². The third kappa shape index (κ3) is 5.21. The Hall–Kier alpha value is -3.07. The van der Waals surface area contributed by atoms with Gasteiger partial charge in [0, 0.05) is 10.5 Å². The van der Waals surface area contributed by atoms with E-state index in [0.29, 0.717) is 10.0 Å². The van der Waals surface area contributed by atoms with E-state index in [4.69, 9.17) is 0 Å². The molecule has 25 heavy (non-hydrogen) atoms. The summed E-state index contributed by atoms with van der Waals surface area (Å²) in [6.07, 6.45) is 1.17. The summed E-state index contributed by atoms with van der Waals surface area (Å²) in [5.74, 6) is -0.972. The monoisotopic (exact) mass is 404 g/mol. The molecule has 0 aliphatic heterocycles. The van der Waals surface area contributed by atoms with Gasteiger partial charge in [0.05, 0.1) is 28.8 Å². The first-order valence-electron chi connectivity index (χ1n) is 7.07. The molecule has 0 aromatic heterocycles. The summed E-state index contributed by atoms with van der Waals surface area (Å²) in [5, 5.41) is 17.0. The molecular formula is C16H13BrN4O4. The molecule has 0 heterocycles. The van der Waals surface area contributed by atoms with Gasteiger partial charge in [-0.25, -0.2) is 5.43 Å². The number of rotatable bonds is 6. The Morgan fingerprint density at radius 1 is 1.16 bits per heavy atom. The van der Waals surface area contributed by atoms with Gasteiger partial charge in [0.25, 0.3) is 17.5 Å². The smallest absolute Gasteiger partial charge is 0.278 e. The van der Waals surface area contributed by atoms with Crippen LogP contribution in [0.1, 0.15) is 15.9 Å². The lowest BCUT2D eigenvalue weighted by Gasteiger charge is -2.05. The number of nitro benzene ring substituents is 1. The maximum absolute atomic E-state index is 12.0. The molecule has 0 aliphatic carbocycles. The highest BCUT2D eigenvalue weighted by Crippen LogP contribution is 2.16. The zero-order valence-electron chi connectivity index (χ0n) is 12.8. The number of nitrogens with one attached hydrogen (secondary N) is 2. The molecule has 0 saturated carbocycles. The lowest BCUT2D eigenvalue weighted by Crippen LogP contribution is -2.35. The maximum Gasteiger partial charge on any atom is 0.278 e. The number of carbonyl (C=O) groups excluding carboxylic acids is 2. The molecule has 2 aromatic rings. The van der Waals surface area contributed by atoms with Gasteiger partial charge >= 0.3 is 0 Å². The fourth-order valence-electron chi connectivity index (χ4n) is 1.88. The lowest BCUT2D eigenvalue weighted by atomic mass is 10.2.